The molecule has 1 amide bonds. The monoisotopic (exact) mass is 386 g/mol. The summed E-state index contributed by atoms with van der Waals surface area (Å²) in [6.45, 7) is 5.58. The van der Waals surface area contributed by atoms with E-state index in [1.807, 2.05) is 25.3 Å². The lowest BCUT2D eigenvalue weighted by Gasteiger charge is -1.99. The Morgan fingerprint density at radius 2 is 2.12 bits per heavy atom. The van der Waals surface area contributed by atoms with Gasteiger partial charge in [0.15, 0.2) is 16.0 Å². The van der Waals surface area contributed by atoms with Crippen molar-refractivity contribution in [1.82, 2.24) is 25.1 Å². The van der Waals surface area contributed by atoms with Gasteiger partial charge in [0.25, 0.3) is 5.91 Å². The maximum atomic E-state index is 12.6. The molecule has 0 aliphatic heterocycles. The molecule has 0 aromatic carbocycles. The maximum absolute atomic E-state index is 12.6. The molecule has 26 heavy (non-hydrogen) atoms. The predicted octanol–water partition coefficient (Wildman–Crippen LogP) is 3.82. The van der Waals surface area contributed by atoms with Crippen molar-refractivity contribution in [3.8, 4) is 22.1 Å². The number of hydrogen-bond acceptors (Lipinski definition) is 8. The van der Waals surface area contributed by atoms with Gasteiger partial charge in [-0.3, -0.25) is 15.2 Å². The first-order valence-corrected chi connectivity index (χ1v) is 9.38. The van der Waals surface area contributed by atoms with Crippen LogP contribution < -0.4 is 5.32 Å². The first-order chi connectivity index (χ1) is 12.5. The van der Waals surface area contributed by atoms with Crippen molar-refractivity contribution in [2.75, 3.05) is 5.32 Å². The lowest BCUT2D eigenvalue weighted by atomic mass is 10.2. The molecule has 0 aliphatic carbocycles. The van der Waals surface area contributed by atoms with Crippen LogP contribution in [-0.4, -0.2) is 31.1 Å². The van der Waals surface area contributed by atoms with Gasteiger partial charge in [-0.05, 0) is 26.8 Å². The highest BCUT2D eigenvalue weighted by atomic mass is 32.1. The zero-order chi connectivity index (χ0) is 18.3. The highest BCUT2D eigenvalue weighted by Crippen LogP contribution is 2.31. The van der Waals surface area contributed by atoms with Gasteiger partial charge in [0.05, 0.1) is 11.4 Å². The molecule has 0 bridgehead atoms. The largest absolute Gasteiger partial charge is 0.466 e. The van der Waals surface area contributed by atoms with Crippen molar-refractivity contribution in [3.63, 3.8) is 0 Å². The Hall–Kier alpha value is -2.85. The van der Waals surface area contributed by atoms with Crippen LogP contribution in [0.1, 0.15) is 26.9 Å². The van der Waals surface area contributed by atoms with Gasteiger partial charge in [0, 0.05) is 10.9 Å². The third kappa shape index (κ3) is 3.04. The molecule has 4 heterocycles. The molecular weight excluding hydrogens is 372 g/mol. The number of furan rings is 1. The van der Waals surface area contributed by atoms with Crippen LogP contribution in [0.25, 0.3) is 22.1 Å². The third-order valence-corrected chi connectivity index (χ3v) is 5.58. The van der Waals surface area contributed by atoms with E-state index in [1.54, 1.807) is 6.92 Å². The van der Waals surface area contributed by atoms with Crippen LogP contribution in [0.5, 0.6) is 0 Å². The van der Waals surface area contributed by atoms with E-state index in [0.29, 0.717) is 26.5 Å². The summed E-state index contributed by atoms with van der Waals surface area (Å²) in [4.78, 5) is 26.0. The average molecular weight is 386 g/mol. The lowest BCUT2D eigenvalue weighted by molar-refractivity contribution is 0.103. The van der Waals surface area contributed by atoms with Crippen LogP contribution in [0.2, 0.25) is 0 Å². The van der Waals surface area contributed by atoms with Crippen molar-refractivity contribution in [2.24, 2.45) is 0 Å². The molecule has 8 nitrogen and oxygen atoms in total. The second-order valence-electron chi connectivity index (χ2n) is 5.59. The lowest BCUT2D eigenvalue weighted by Crippen LogP contribution is -2.11. The van der Waals surface area contributed by atoms with Crippen LogP contribution in [-0.2, 0) is 0 Å². The highest BCUT2D eigenvalue weighted by molar-refractivity contribution is 7.17. The van der Waals surface area contributed by atoms with Gasteiger partial charge in [0.1, 0.15) is 22.7 Å². The van der Waals surface area contributed by atoms with Crippen molar-refractivity contribution in [3.05, 3.63) is 39.9 Å². The standard InChI is InChI=1S/C16H14N6O2S2/c1-7-4-10(9(3)24-7)11-5-25-16(20-11)21-14(23)12-8(2)19-15(26-12)13-17-6-18-22-13/h4-6H,1-3H3,(H,17,18,22)(H,20,21,23). The molecule has 4 rings (SSSR count). The molecule has 0 atom stereocenters. The molecule has 2 N–H and O–H groups in total. The van der Waals surface area contributed by atoms with Crippen molar-refractivity contribution in [2.45, 2.75) is 20.8 Å². The van der Waals surface area contributed by atoms with E-state index in [0.717, 1.165) is 22.8 Å². The van der Waals surface area contributed by atoms with E-state index in [9.17, 15) is 4.79 Å². The predicted molar refractivity (Wildman–Crippen MR) is 99.5 cm³/mol. The van der Waals surface area contributed by atoms with Crippen LogP contribution in [0.15, 0.2) is 22.2 Å². The van der Waals surface area contributed by atoms with Crippen LogP contribution in [0.3, 0.4) is 0 Å². The normalized spacial score (nSPS) is 11.0. The van der Waals surface area contributed by atoms with Gasteiger partial charge in [-0.2, -0.15) is 5.10 Å². The smallest absolute Gasteiger partial charge is 0.269 e. The number of rotatable bonds is 4. The van der Waals surface area contributed by atoms with Crippen molar-refractivity contribution in [1.29, 1.82) is 0 Å². The number of thiazole rings is 2. The van der Waals surface area contributed by atoms with Crippen molar-refractivity contribution >= 4 is 33.7 Å². The Morgan fingerprint density at radius 1 is 1.27 bits per heavy atom. The number of carbonyl (C=O) groups is 1. The van der Waals surface area contributed by atoms with E-state index in [1.165, 1.54) is 29.0 Å². The molecule has 0 fully saturated rings. The van der Waals surface area contributed by atoms with Crippen LogP contribution >= 0.6 is 22.7 Å². The molecule has 0 unspecified atom stereocenters. The first kappa shape index (κ1) is 16.6. The average Bonchev–Trinajstić information content (AvgIpc) is 3.34. The zero-order valence-corrected chi connectivity index (χ0v) is 15.8. The summed E-state index contributed by atoms with van der Waals surface area (Å²) < 4.78 is 5.54. The Balaban J connectivity index is 1.55. The summed E-state index contributed by atoms with van der Waals surface area (Å²) in [6, 6.07) is 1.94. The molecule has 0 spiro atoms. The van der Waals surface area contributed by atoms with E-state index in [2.05, 4.69) is 30.5 Å². The molecule has 0 saturated heterocycles. The SMILES string of the molecule is Cc1cc(-c2csc(NC(=O)c3sc(-c4ncn[nH]4)nc3C)n2)c(C)o1. The topological polar surface area (TPSA) is 110 Å². The number of nitrogens with zero attached hydrogens (tertiary/aromatic N) is 4. The molecule has 0 radical (unpaired) electrons. The summed E-state index contributed by atoms with van der Waals surface area (Å²) in [6.07, 6.45) is 1.41. The zero-order valence-electron chi connectivity index (χ0n) is 14.2. The molecule has 0 aliphatic rings. The number of carbonyl (C=O) groups excluding carboxylic acids is 1. The summed E-state index contributed by atoms with van der Waals surface area (Å²) in [7, 11) is 0. The number of nitrogens with one attached hydrogen (secondary N) is 2. The summed E-state index contributed by atoms with van der Waals surface area (Å²) in [5.41, 5.74) is 2.35. The summed E-state index contributed by atoms with van der Waals surface area (Å²) in [5.74, 6) is 1.93. The second-order valence-corrected chi connectivity index (χ2v) is 7.44. The fourth-order valence-corrected chi connectivity index (χ4v) is 4.12. The quantitative estimate of drug-likeness (QED) is 0.552. The molecule has 4 aromatic heterocycles. The maximum Gasteiger partial charge on any atom is 0.269 e. The molecular formula is C16H14N6O2S2. The van der Waals surface area contributed by atoms with Crippen molar-refractivity contribution < 1.29 is 9.21 Å². The molecule has 10 heteroatoms. The summed E-state index contributed by atoms with van der Waals surface area (Å²) in [5, 5.41) is 12.4. The fraction of sp³-hybridized carbons (Fsp3) is 0.188. The Bertz CT molecular complexity index is 1080. The number of anilines is 1. The number of H-pyrrole nitrogens is 1. The van der Waals surface area contributed by atoms with Gasteiger partial charge < -0.3 is 4.42 Å². The van der Waals surface area contributed by atoms with E-state index < -0.39 is 0 Å². The third-order valence-electron chi connectivity index (χ3n) is 3.66. The number of aromatic amines is 1. The second kappa shape index (κ2) is 6.46. The Morgan fingerprint density at radius 3 is 2.81 bits per heavy atom. The fourth-order valence-electron chi connectivity index (χ4n) is 2.51. The van der Waals surface area contributed by atoms with Gasteiger partial charge in [-0.25, -0.2) is 15.0 Å². The minimum atomic E-state index is -0.244. The Kier molecular flexibility index (Phi) is 4.13. The summed E-state index contributed by atoms with van der Waals surface area (Å²) >= 11 is 2.63. The number of aromatic nitrogens is 5. The number of hydrogen-bond donors (Lipinski definition) is 2. The molecule has 132 valence electrons. The van der Waals surface area contributed by atoms with Gasteiger partial charge >= 0.3 is 0 Å². The van der Waals surface area contributed by atoms with Crippen LogP contribution in [0.4, 0.5) is 5.13 Å². The minimum absolute atomic E-state index is 0.244. The first-order valence-electron chi connectivity index (χ1n) is 7.68. The Labute approximate surface area is 156 Å². The van der Waals surface area contributed by atoms with Gasteiger partial charge in [-0.15, -0.1) is 22.7 Å². The van der Waals surface area contributed by atoms with E-state index in [4.69, 9.17) is 4.42 Å². The molecule has 0 saturated carbocycles. The minimum Gasteiger partial charge on any atom is -0.466 e. The number of amides is 1. The van der Waals surface area contributed by atoms with Gasteiger partial charge in [0.2, 0.25) is 0 Å². The van der Waals surface area contributed by atoms with E-state index in [-0.39, 0.29) is 5.91 Å². The highest BCUT2D eigenvalue weighted by Gasteiger charge is 2.19. The van der Waals surface area contributed by atoms with Gasteiger partial charge in [-0.1, -0.05) is 0 Å². The van der Waals surface area contributed by atoms with E-state index >= 15 is 0 Å². The van der Waals surface area contributed by atoms with Crippen LogP contribution in [0, 0.1) is 20.8 Å². The number of aryl methyl sites for hydroxylation is 3. The molecule has 4 aromatic rings.